The summed E-state index contributed by atoms with van der Waals surface area (Å²) in [5.41, 5.74) is 3.04. The second kappa shape index (κ2) is 17.5. The first-order valence-corrected chi connectivity index (χ1v) is 14.7. The molecule has 0 spiro atoms. The number of pyridine rings is 1. The summed E-state index contributed by atoms with van der Waals surface area (Å²) >= 11 is 0. The molecule has 0 N–H and O–H groups in total. The lowest BCUT2D eigenvalue weighted by Gasteiger charge is -2.29. The zero-order chi connectivity index (χ0) is 25.3. The molecular weight excluding hydrogens is 446 g/mol. The molecule has 4 nitrogen and oxygen atoms in total. The fourth-order valence-electron chi connectivity index (χ4n) is 4.80. The molecule has 2 aromatic rings. The molecule has 0 bridgehead atoms. The van der Waals surface area contributed by atoms with Crippen LogP contribution in [0.4, 0.5) is 0 Å². The Morgan fingerprint density at radius 2 is 1.33 bits per heavy atom. The molecule has 4 heteroatoms. The third-order valence-corrected chi connectivity index (χ3v) is 7.16. The first-order chi connectivity index (χ1) is 17.8. The summed E-state index contributed by atoms with van der Waals surface area (Å²) in [5.74, 6) is 1.45. The van der Waals surface area contributed by atoms with Crippen LogP contribution in [0.15, 0.2) is 42.6 Å². The van der Waals surface area contributed by atoms with Crippen LogP contribution < -0.4 is 4.74 Å². The average Bonchev–Trinajstić information content (AvgIpc) is 2.93. The second-order valence-electron chi connectivity index (χ2n) is 10.4. The Hall–Kier alpha value is -1.91. The standard InChI is InChI=1S/C32H49NO3/c1-3-5-7-9-11-13-15-23-34-30-20-17-28(18-21-30)31-22-19-29(24-33-31)32-35-25-27(26-36-32)16-14-12-10-8-6-4-2/h17-22,24,27,32H,3-16,23,25-26H2,1-2H3/t27-,32-. The number of aromatic nitrogens is 1. The van der Waals surface area contributed by atoms with Gasteiger partial charge in [-0.1, -0.05) is 97.0 Å². The van der Waals surface area contributed by atoms with Crippen LogP contribution >= 0.6 is 0 Å². The summed E-state index contributed by atoms with van der Waals surface area (Å²) in [4.78, 5) is 4.67. The molecule has 1 aliphatic rings. The maximum absolute atomic E-state index is 6.03. The van der Waals surface area contributed by atoms with Crippen molar-refractivity contribution in [2.75, 3.05) is 19.8 Å². The fourth-order valence-corrected chi connectivity index (χ4v) is 4.80. The molecule has 1 saturated heterocycles. The average molecular weight is 496 g/mol. The number of unbranched alkanes of at least 4 members (excludes halogenated alkanes) is 11. The van der Waals surface area contributed by atoms with Crippen molar-refractivity contribution in [3.8, 4) is 17.0 Å². The van der Waals surface area contributed by atoms with Crippen LogP contribution in [-0.2, 0) is 9.47 Å². The highest BCUT2D eigenvalue weighted by Crippen LogP contribution is 2.28. The number of benzene rings is 1. The Kier molecular flexibility index (Phi) is 14.0. The van der Waals surface area contributed by atoms with Gasteiger partial charge in [-0.2, -0.15) is 0 Å². The molecule has 3 rings (SSSR count). The number of nitrogens with zero attached hydrogens (tertiary/aromatic N) is 1. The molecule has 0 aliphatic carbocycles. The van der Waals surface area contributed by atoms with Gasteiger partial charge in [0.1, 0.15) is 5.75 Å². The summed E-state index contributed by atoms with van der Waals surface area (Å²) in [5, 5.41) is 0. The van der Waals surface area contributed by atoms with Crippen LogP contribution in [0.3, 0.4) is 0 Å². The van der Waals surface area contributed by atoms with Crippen LogP contribution in [0, 0.1) is 5.92 Å². The summed E-state index contributed by atoms with van der Waals surface area (Å²) in [6.07, 6.45) is 19.9. The summed E-state index contributed by atoms with van der Waals surface area (Å²) in [7, 11) is 0. The van der Waals surface area contributed by atoms with Crippen molar-refractivity contribution in [1.82, 2.24) is 4.98 Å². The van der Waals surface area contributed by atoms with E-state index in [1.165, 1.54) is 83.5 Å². The number of rotatable bonds is 18. The van der Waals surface area contributed by atoms with E-state index in [0.29, 0.717) is 5.92 Å². The minimum Gasteiger partial charge on any atom is -0.494 e. The van der Waals surface area contributed by atoms with Gasteiger partial charge in [0.05, 0.1) is 25.5 Å². The van der Waals surface area contributed by atoms with Gasteiger partial charge < -0.3 is 14.2 Å². The van der Waals surface area contributed by atoms with E-state index in [-0.39, 0.29) is 6.29 Å². The molecule has 1 aliphatic heterocycles. The molecule has 1 aromatic carbocycles. The molecule has 1 fully saturated rings. The van der Waals surface area contributed by atoms with Crippen molar-refractivity contribution in [3.63, 3.8) is 0 Å². The molecule has 0 unspecified atom stereocenters. The van der Waals surface area contributed by atoms with Gasteiger partial charge >= 0.3 is 0 Å². The first-order valence-electron chi connectivity index (χ1n) is 14.7. The van der Waals surface area contributed by atoms with Gasteiger partial charge in [0.2, 0.25) is 0 Å². The molecule has 200 valence electrons. The van der Waals surface area contributed by atoms with Gasteiger partial charge in [0.15, 0.2) is 6.29 Å². The topological polar surface area (TPSA) is 40.6 Å². The lowest BCUT2D eigenvalue weighted by atomic mass is 10.0. The molecular formula is C32H49NO3. The number of hydrogen-bond donors (Lipinski definition) is 0. The molecule has 0 amide bonds. The Bertz CT molecular complexity index is 797. The summed E-state index contributed by atoms with van der Waals surface area (Å²) in [6.45, 7) is 6.88. The molecule has 36 heavy (non-hydrogen) atoms. The SMILES string of the molecule is CCCCCCCCCOc1ccc(-c2ccc([C@H]3OC[C@H](CCCCCCCC)CO3)cn2)cc1. The van der Waals surface area contributed by atoms with Crippen LogP contribution in [-0.4, -0.2) is 24.8 Å². The van der Waals surface area contributed by atoms with Crippen molar-refractivity contribution < 1.29 is 14.2 Å². The maximum Gasteiger partial charge on any atom is 0.185 e. The Morgan fingerprint density at radius 1 is 0.722 bits per heavy atom. The van der Waals surface area contributed by atoms with E-state index in [1.807, 2.05) is 18.3 Å². The van der Waals surface area contributed by atoms with E-state index >= 15 is 0 Å². The third-order valence-electron chi connectivity index (χ3n) is 7.16. The highest BCUT2D eigenvalue weighted by Gasteiger charge is 2.23. The fraction of sp³-hybridized carbons (Fsp3) is 0.656. The number of ether oxygens (including phenoxy) is 3. The second-order valence-corrected chi connectivity index (χ2v) is 10.4. The highest BCUT2D eigenvalue weighted by molar-refractivity contribution is 5.60. The molecule has 0 radical (unpaired) electrons. The molecule has 2 heterocycles. The van der Waals surface area contributed by atoms with E-state index in [2.05, 4.69) is 43.1 Å². The third kappa shape index (κ3) is 10.6. The van der Waals surface area contributed by atoms with E-state index in [9.17, 15) is 0 Å². The van der Waals surface area contributed by atoms with E-state index in [0.717, 1.165) is 48.8 Å². The minimum absolute atomic E-state index is 0.297. The van der Waals surface area contributed by atoms with Gasteiger partial charge in [-0.15, -0.1) is 0 Å². The molecule has 1 aromatic heterocycles. The Balaban J connectivity index is 1.33. The monoisotopic (exact) mass is 495 g/mol. The largest absolute Gasteiger partial charge is 0.494 e. The van der Waals surface area contributed by atoms with Crippen molar-refractivity contribution >= 4 is 0 Å². The van der Waals surface area contributed by atoms with Crippen LogP contribution in [0.25, 0.3) is 11.3 Å². The van der Waals surface area contributed by atoms with Crippen LogP contribution in [0.5, 0.6) is 5.75 Å². The quantitative estimate of drug-likeness (QED) is 0.193. The highest BCUT2D eigenvalue weighted by atomic mass is 16.7. The molecule has 0 saturated carbocycles. The van der Waals surface area contributed by atoms with Crippen molar-refractivity contribution in [1.29, 1.82) is 0 Å². The van der Waals surface area contributed by atoms with Gasteiger partial charge in [-0.3, -0.25) is 4.98 Å². The van der Waals surface area contributed by atoms with Crippen molar-refractivity contribution in [2.45, 2.75) is 110 Å². The smallest absolute Gasteiger partial charge is 0.185 e. The predicted molar refractivity (Wildman–Crippen MR) is 149 cm³/mol. The minimum atomic E-state index is -0.297. The normalized spacial score (nSPS) is 17.8. The van der Waals surface area contributed by atoms with Gasteiger partial charge in [-0.25, -0.2) is 0 Å². The van der Waals surface area contributed by atoms with E-state index in [4.69, 9.17) is 14.2 Å². The zero-order valence-electron chi connectivity index (χ0n) is 22.9. The van der Waals surface area contributed by atoms with Crippen molar-refractivity contribution in [3.05, 3.63) is 48.2 Å². The first kappa shape index (κ1) is 28.7. The molecule has 0 atom stereocenters. The summed E-state index contributed by atoms with van der Waals surface area (Å²) < 4.78 is 18.0. The summed E-state index contributed by atoms with van der Waals surface area (Å²) in [6, 6.07) is 12.4. The van der Waals surface area contributed by atoms with Crippen LogP contribution in [0.1, 0.15) is 116 Å². The Morgan fingerprint density at radius 3 is 1.94 bits per heavy atom. The Labute approximate surface area is 220 Å². The maximum atomic E-state index is 6.03. The van der Waals surface area contributed by atoms with Gasteiger partial charge in [0, 0.05) is 23.2 Å². The predicted octanol–water partition coefficient (Wildman–Crippen LogP) is 9.29. The lowest BCUT2D eigenvalue weighted by Crippen LogP contribution is -2.27. The van der Waals surface area contributed by atoms with Crippen molar-refractivity contribution in [2.24, 2.45) is 5.92 Å². The lowest BCUT2D eigenvalue weighted by molar-refractivity contribution is -0.206. The number of hydrogen-bond acceptors (Lipinski definition) is 4. The van der Waals surface area contributed by atoms with Crippen LogP contribution in [0.2, 0.25) is 0 Å². The van der Waals surface area contributed by atoms with Gasteiger partial charge in [-0.05, 0) is 43.2 Å². The van der Waals surface area contributed by atoms with E-state index in [1.54, 1.807) is 0 Å². The zero-order valence-corrected chi connectivity index (χ0v) is 22.9. The van der Waals surface area contributed by atoms with Gasteiger partial charge in [0.25, 0.3) is 0 Å². The van der Waals surface area contributed by atoms with E-state index < -0.39 is 0 Å².